The molecule has 0 saturated carbocycles. The minimum Gasteiger partial charge on any atom is -0.340 e. The third kappa shape index (κ3) is 4.55. The van der Waals surface area contributed by atoms with E-state index in [0.717, 1.165) is 36.4 Å². The lowest BCUT2D eigenvalue weighted by Crippen LogP contribution is -2.49. The van der Waals surface area contributed by atoms with E-state index in [1.54, 1.807) is 4.90 Å². The molecule has 1 heterocycles. The van der Waals surface area contributed by atoms with Crippen molar-refractivity contribution in [2.75, 3.05) is 38.0 Å². The highest BCUT2D eigenvalue weighted by molar-refractivity contribution is 6.04. The Morgan fingerprint density at radius 1 is 1.04 bits per heavy atom. The maximum absolute atomic E-state index is 12.3. The molecule has 0 aromatic heterocycles. The summed E-state index contributed by atoms with van der Waals surface area (Å²) in [6.07, 6.45) is -0.0844. The van der Waals surface area contributed by atoms with Crippen molar-refractivity contribution in [1.82, 2.24) is 9.80 Å². The van der Waals surface area contributed by atoms with Crippen LogP contribution in [0.1, 0.15) is 30.0 Å². The number of likely N-dealkylation sites (N-methyl/N-ethyl adjacent to an activating group) is 1. The fraction of sp³-hybridized carbons (Fsp3) is 0.556. The van der Waals surface area contributed by atoms with Gasteiger partial charge in [-0.15, -0.1) is 0 Å². The molecule has 23 heavy (non-hydrogen) atoms. The third-order valence-electron chi connectivity index (χ3n) is 4.43. The lowest BCUT2D eigenvalue weighted by molar-refractivity contribution is -0.136. The van der Waals surface area contributed by atoms with Crippen LogP contribution in [-0.4, -0.2) is 54.3 Å². The molecule has 0 aliphatic carbocycles. The highest BCUT2D eigenvalue weighted by Crippen LogP contribution is 2.22. The lowest BCUT2D eigenvalue weighted by atomic mass is 10.0. The summed E-state index contributed by atoms with van der Waals surface area (Å²) in [7, 11) is 0. The van der Waals surface area contributed by atoms with Crippen molar-refractivity contribution < 1.29 is 9.59 Å². The second kappa shape index (κ2) is 7.59. The molecule has 1 N–H and O–H groups in total. The Balaban J connectivity index is 1.91. The smallest absolute Gasteiger partial charge is 0.233 e. The van der Waals surface area contributed by atoms with Gasteiger partial charge in [-0.25, -0.2) is 0 Å². The molecular weight excluding hydrogens is 290 g/mol. The fourth-order valence-electron chi connectivity index (χ4n) is 3.12. The number of hydrogen-bond acceptors (Lipinski definition) is 3. The molecule has 0 atom stereocenters. The predicted octanol–water partition coefficient (Wildman–Crippen LogP) is 2.10. The van der Waals surface area contributed by atoms with Gasteiger partial charge in [0.25, 0.3) is 0 Å². The average Bonchev–Trinajstić information content (AvgIpc) is 2.51. The van der Waals surface area contributed by atoms with E-state index in [-0.39, 0.29) is 18.2 Å². The van der Waals surface area contributed by atoms with Gasteiger partial charge in [-0.3, -0.25) is 9.59 Å². The molecule has 0 spiro atoms. The van der Waals surface area contributed by atoms with Crippen molar-refractivity contribution in [2.45, 2.75) is 34.1 Å². The van der Waals surface area contributed by atoms with Gasteiger partial charge in [0.05, 0.1) is 0 Å². The molecule has 1 aliphatic rings. The summed E-state index contributed by atoms with van der Waals surface area (Å²) in [5.41, 5.74) is 4.05. The summed E-state index contributed by atoms with van der Waals surface area (Å²) in [5.74, 6) is -0.316. The van der Waals surface area contributed by atoms with Crippen molar-refractivity contribution in [2.24, 2.45) is 0 Å². The summed E-state index contributed by atoms with van der Waals surface area (Å²) < 4.78 is 0. The van der Waals surface area contributed by atoms with Gasteiger partial charge in [-0.1, -0.05) is 24.6 Å². The topological polar surface area (TPSA) is 52.7 Å². The first kappa shape index (κ1) is 17.5. The summed E-state index contributed by atoms with van der Waals surface area (Å²) in [5, 5.41) is 2.90. The van der Waals surface area contributed by atoms with Crippen LogP contribution in [0, 0.1) is 20.8 Å². The number of aryl methyl sites for hydroxylation is 3. The number of carbonyl (C=O) groups is 2. The zero-order valence-corrected chi connectivity index (χ0v) is 14.6. The van der Waals surface area contributed by atoms with Crippen LogP contribution < -0.4 is 5.32 Å². The second-order valence-corrected chi connectivity index (χ2v) is 6.31. The van der Waals surface area contributed by atoms with Crippen LogP contribution in [0.15, 0.2) is 12.1 Å². The van der Waals surface area contributed by atoms with Gasteiger partial charge in [0.1, 0.15) is 6.42 Å². The fourth-order valence-corrected chi connectivity index (χ4v) is 3.12. The number of benzene rings is 1. The van der Waals surface area contributed by atoms with Gasteiger partial charge in [-0.05, 0) is 38.4 Å². The van der Waals surface area contributed by atoms with Crippen molar-refractivity contribution in [3.8, 4) is 0 Å². The van der Waals surface area contributed by atoms with E-state index in [9.17, 15) is 9.59 Å². The molecule has 126 valence electrons. The molecule has 5 heteroatoms. The lowest BCUT2D eigenvalue weighted by Gasteiger charge is -2.34. The van der Waals surface area contributed by atoms with E-state index < -0.39 is 0 Å². The Bertz CT molecular complexity index is 567. The monoisotopic (exact) mass is 317 g/mol. The molecule has 2 rings (SSSR count). The first-order valence-electron chi connectivity index (χ1n) is 8.28. The van der Waals surface area contributed by atoms with Crippen LogP contribution in [0.25, 0.3) is 0 Å². The Morgan fingerprint density at radius 2 is 1.61 bits per heavy atom. The van der Waals surface area contributed by atoms with E-state index in [1.165, 1.54) is 5.56 Å². The largest absolute Gasteiger partial charge is 0.340 e. The van der Waals surface area contributed by atoms with E-state index in [4.69, 9.17) is 0 Å². The van der Waals surface area contributed by atoms with Crippen molar-refractivity contribution in [3.63, 3.8) is 0 Å². The van der Waals surface area contributed by atoms with E-state index in [0.29, 0.717) is 13.1 Å². The summed E-state index contributed by atoms with van der Waals surface area (Å²) in [6.45, 7) is 12.3. The zero-order chi connectivity index (χ0) is 17.0. The van der Waals surface area contributed by atoms with Gasteiger partial charge in [0, 0.05) is 31.9 Å². The van der Waals surface area contributed by atoms with Gasteiger partial charge in [-0.2, -0.15) is 0 Å². The maximum Gasteiger partial charge on any atom is 0.233 e. The first-order valence-corrected chi connectivity index (χ1v) is 8.28. The molecule has 1 saturated heterocycles. The number of hydrogen-bond donors (Lipinski definition) is 1. The van der Waals surface area contributed by atoms with Crippen LogP contribution in [0.4, 0.5) is 5.69 Å². The molecule has 1 aliphatic heterocycles. The standard InChI is InChI=1S/C18H27N3O2/c1-5-20-6-8-21(9-7-20)17(23)12-16(22)19-18-14(3)10-13(2)11-15(18)4/h10-11H,5-9,12H2,1-4H3,(H,19,22). The number of rotatable bonds is 4. The van der Waals surface area contributed by atoms with Crippen molar-refractivity contribution >= 4 is 17.5 Å². The number of amides is 2. The van der Waals surface area contributed by atoms with Gasteiger partial charge in [0.15, 0.2) is 0 Å². The number of carbonyl (C=O) groups excluding carboxylic acids is 2. The Hall–Kier alpha value is -1.88. The van der Waals surface area contributed by atoms with Crippen LogP contribution in [-0.2, 0) is 9.59 Å². The molecular formula is C18H27N3O2. The molecule has 0 radical (unpaired) electrons. The van der Waals surface area contributed by atoms with Crippen molar-refractivity contribution in [3.05, 3.63) is 28.8 Å². The minimum absolute atomic E-state index is 0.0827. The first-order chi connectivity index (χ1) is 10.9. The van der Waals surface area contributed by atoms with Crippen LogP contribution in [0.3, 0.4) is 0 Å². The van der Waals surface area contributed by atoms with Crippen LogP contribution >= 0.6 is 0 Å². The van der Waals surface area contributed by atoms with Crippen LogP contribution in [0.5, 0.6) is 0 Å². The van der Waals surface area contributed by atoms with Gasteiger partial charge < -0.3 is 15.1 Å². The molecule has 1 fully saturated rings. The van der Waals surface area contributed by atoms with E-state index in [2.05, 4.69) is 17.1 Å². The highest BCUT2D eigenvalue weighted by Gasteiger charge is 2.22. The molecule has 0 unspecified atom stereocenters. The molecule has 1 aromatic rings. The van der Waals surface area contributed by atoms with Crippen LogP contribution in [0.2, 0.25) is 0 Å². The summed E-state index contributed by atoms with van der Waals surface area (Å²) in [4.78, 5) is 28.6. The molecule has 1 aromatic carbocycles. The van der Waals surface area contributed by atoms with Gasteiger partial charge >= 0.3 is 0 Å². The second-order valence-electron chi connectivity index (χ2n) is 6.31. The number of anilines is 1. The zero-order valence-electron chi connectivity index (χ0n) is 14.6. The Kier molecular flexibility index (Phi) is 5.77. The molecule has 0 bridgehead atoms. The third-order valence-corrected chi connectivity index (χ3v) is 4.43. The predicted molar refractivity (Wildman–Crippen MR) is 92.6 cm³/mol. The Morgan fingerprint density at radius 3 is 2.13 bits per heavy atom. The number of piperazine rings is 1. The number of nitrogens with one attached hydrogen (secondary N) is 1. The maximum atomic E-state index is 12.3. The molecule has 5 nitrogen and oxygen atoms in total. The normalized spacial score (nSPS) is 15.6. The Labute approximate surface area is 138 Å². The quantitative estimate of drug-likeness (QED) is 0.865. The van der Waals surface area contributed by atoms with E-state index in [1.807, 2.05) is 32.9 Å². The SMILES string of the molecule is CCN1CCN(C(=O)CC(=O)Nc2c(C)cc(C)cc2C)CC1. The van der Waals surface area contributed by atoms with Crippen molar-refractivity contribution in [1.29, 1.82) is 0 Å². The van der Waals surface area contributed by atoms with Gasteiger partial charge in [0.2, 0.25) is 11.8 Å². The molecule has 2 amide bonds. The number of nitrogens with zero attached hydrogens (tertiary/aromatic N) is 2. The minimum atomic E-state index is -0.233. The highest BCUT2D eigenvalue weighted by atomic mass is 16.2. The average molecular weight is 317 g/mol. The van der Waals surface area contributed by atoms with E-state index >= 15 is 0 Å². The summed E-state index contributed by atoms with van der Waals surface area (Å²) >= 11 is 0. The summed E-state index contributed by atoms with van der Waals surface area (Å²) in [6, 6.07) is 4.07.